The van der Waals surface area contributed by atoms with Crippen molar-refractivity contribution >= 4 is 5.91 Å². The third-order valence-electron chi connectivity index (χ3n) is 2.71. The van der Waals surface area contributed by atoms with Crippen molar-refractivity contribution < 1.29 is 9.18 Å². The molecule has 1 N–H and O–H groups in total. The Morgan fingerprint density at radius 2 is 2.28 bits per heavy atom. The third-order valence-corrected chi connectivity index (χ3v) is 2.71. The van der Waals surface area contributed by atoms with Crippen molar-refractivity contribution in [2.24, 2.45) is 0 Å². The van der Waals surface area contributed by atoms with E-state index in [0.29, 0.717) is 23.5 Å². The summed E-state index contributed by atoms with van der Waals surface area (Å²) in [4.78, 5) is 20.7. The lowest BCUT2D eigenvalue weighted by molar-refractivity contribution is 0.0781. The summed E-state index contributed by atoms with van der Waals surface area (Å²) in [6.07, 6.45) is 3.34. The minimum atomic E-state index is -0.335. The number of aromatic nitrogens is 2. The molecule has 0 spiro atoms. The molecule has 0 unspecified atom stereocenters. The first-order valence-corrected chi connectivity index (χ1v) is 5.58. The van der Waals surface area contributed by atoms with E-state index in [0.717, 1.165) is 0 Å². The Bertz CT molecular complexity index is 551. The van der Waals surface area contributed by atoms with Crippen LogP contribution in [0.3, 0.4) is 0 Å². The standard InChI is InChI=1S/C13H14FN3O/c1-9-7-10(14)3-4-11(9)13(18)17(2)8-12-15-5-6-16-12/h3-7H,8H2,1-2H3,(H,15,16). The van der Waals surface area contributed by atoms with Crippen molar-refractivity contribution in [1.82, 2.24) is 14.9 Å². The second-order valence-corrected chi connectivity index (χ2v) is 4.16. The number of rotatable bonds is 3. The quantitative estimate of drug-likeness (QED) is 0.903. The summed E-state index contributed by atoms with van der Waals surface area (Å²) in [6.45, 7) is 2.11. The highest BCUT2D eigenvalue weighted by atomic mass is 19.1. The van der Waals surface area contributed by atoms with Crippen molar-refractivity contribution in [2.45, 2.75) is 13.5 Å². The van der Waals surface area contributed by atoms with Crippen LogP contribution >= 0.6 is 0 Å². The highest BCUT2D eigenvalue weighted by molar-refractivity contribution is 5.95. The van der Waals surface area contributed by atoms with Gasteiger partial charge in [0.2, 0.25) is 0 Å². The van der Waals surface area contributed by atoms with E-state index in [-0.39, 0.29) is 11.7 Å². The first-order valence-electron chi connectivity index (χ1n) is 5.58. The number of imidazole rings is 1. The number of aryl methyl sites for hydroxylation is 1. The monoisotopic (exact) mass is 247 g/mol. The molecule has 4 nitrogen and oxygen atoms in total. The van der Waals surface area contributed by atoms with Crippen LogP contribution in [0.1, 0.15) is 21.7 Å². The molecule has 18 heavy (non-hydrogen) atoms. The number of hydrogen-bond donors (Lipinski definition) is 1. The van der Waals surface area contributed by atoms with E-state index in [1.165, 1.54) is 18.2 Å². The average molecular weight is 247 g/mol. The second kappa shape index (κ2) is 5.00. The van der Waals surface area contributed by atoms with Crippen LogP contribution < -0.4 is 0 Å². The minimum absolute atomic E-state index is 0.149. The molecule has 1 heterocycles. The normalized spacial score (nSPS) is 10.4. The molecule has 0 saturated heterocycles. The number of benzene rings is 1. The fourth-order valence-electron chi connectivity index (χ4n) is 1.75. The van der Waals surface area contributed by atoms with Gasteiger partial charge in [-0.05, 0) is 30.7 Å². The van der Waals surface area contributed by atoms with Crippen LogP contribution in [0.4, 0.5) is 4.39 Å². The van der Waals surface area contributed by atoms with Gasteiger partial charge in [0, 0.05) is 25.0 Å². The summed E-state index contributed by atoms with van der Waals surface area (Å²) < 4.78 is 13.0. The first-order chi connectivity index (χ1) is 8.58. The van der Waals surface area contributed by atoms with Crippen molar-refractivity contribution in [1.29, 1.82) is 0 Å². The van der Waals surface area contributed by atoms with E-state index in [1.807, 2.05) is 0 Å². The Kier molecular flexibility index (Phi) is 3.41. The van der Waals surface area contributed by atoms with E-state index in [1.54, 1.807) is 31.3 Å². The summed E-state index contributed by atoms with van der Waals surface area (Å²) in [7, 11) is 1.69. The van der Waals surface area contributed by atoms with Crippen LogP contribution in [0.25, 0.3) is 0 Å². The van der Waals surface area contributed by atoms with E-state index < -0.39 is 0 Å². The summed E-state index contributed by atoms with van der Waals surface area (Å²) >= 11 is 0. The molecule has 94 valence electrons. The van der Waals surface area contributed by atoms with Gasteiger partial charge >= 0.3 is 0 Å². The van der Waals surface area contributed by atoms with Crippen molar-refractivity contribution in [3.63, 3.8) is 0 Å². The lowest BCUT2D eigenvalue weighted by Gasteiger charge is -2.17. The molecule has 1 aromatic heterocycles. The Hall–Kier alpha value is -2.17. The zero-order chi connectivity index (χ0) is 13.1. The molecular formula is C13H14FN3O. The summed E-state index contributed by atoms with van der Waals surface area (Å²) in [5.41, 5.74) is 1.14. The van der Waals surface area contributed by atoms with Gasteiger partial charge in [0.25, 0.3) is 5.91 Å². The molecular weight excluding hydrogens is 233 g/mol. The van der Waals surface area contributed by atoms with Gasteiger partial charge in [0.15, 0.2) is 0 Å². The molecule has 0 radical (unpaired) electrons. The van der Waals surface area contributed by atoms with Crippen LogP contribution in [-0.4, -0.2) is 27.8 Å². The van der Waals surface area contributed by atoms with Gasteiger partial charge in [0.1, 0.15) is 11.6 Å². The maximum atomic E-state index is 13.0. The summed E-state index contributed by atoms with van der Waals surface area (Å²) in [6, 6.07) is 4.15. The molecule has 5 heteroatoms. The zero-order valence-corrected chi connectivity index (χ0v) is 10.3. The maximum Gasteiger partial charge on any atom is 0.254 e. The molecule has 0 atom stereocenters. The topological polar surface area (TPSA) is 49.0 Å². The Morgan fingerprint density at radius 3 is 2.89 bits per heavy atom. The number of carbonyl (C=O) groups excluding carboxylic acids is 1. The predicted molar refractivity (Wildman–Crippen MR) is 65.5 cm³/mol. The van der Waals surface area contributed by atoms with Crippen molar-refractivity contribution in [2.75, 3.05) is 7.05 Å². The first kappa shape index (κ1) is 12.3. The number of halogens is 1. The Labute approximate surface area is 104 Å². The van der Waals surface area contributed by atoms with Crippen molar-refractivity contribution in [3.8, 4) is 0 Å². The zero-order valence-electron chi connectivity index (χ0n) is 10.3. The van der Waals surface area contributed by atoms with Gasteiger partial charge in [-0.1, -0.05) is 0 Å². The lowest BCUT2D eigenvalue weighted by Crippen LogP contribution is -2.27. The van der Waals surface area contributed by atoms with Gasteiger partial charge in [-0.3, -0.25) is 4.79 Å². The molecule has 1 amide bonds. The van der Waals surface area contributed by atoms with Crippen LogP contribution in [-0.2, 0) is 6.54 Å². The van der Waals surface area contributed by atoms with Crippen LogP contribution in [0.15, 0.2) is 30.6 Å². The molecule has 0 aliphatic carbocycles. The molecule has 0 aliphatic rings. The minimum Gasteiger partial charge on any atom is -0.347 e. The fraction of sp³-hybridized carbons (Fsp3) is 0.231. The van der Waals surface area contributed by atoms with Crippen LogP contribution in [0.5, 0.6) is 0 Å². The van der Waals surface area contributed by atoms with E-state index in [9.17, 15) is 9.18 Å². The molecule has 0 fully saturated rings. The van der Waals surface area contributed by atoms with E-state index in [2.05, 4.69) is 9.97 Å². The Balaban J connectivity index is 2.15. The average Bonchev–Trinajstić information content (AvgIpc) is 2.81. The molecule has 1 aromatic carbocycles. The number of nitrogens with zero attached hydrogens (tertiary/aromatic N) is 2. The van der Waals surface area contributed by atoms with Crippen molar-refractivity contribution in [3.05, 3.63) is 53.4 Å². The van der Waals surface area contributed by atoms with Crippen LogP contribution in [0.2, 0.25) is 0 Å². The molecule has 0 saturated carbocycles. The SMILES string of the molecule is Cc1cc(F)ccc1C(=O)N(C)Cc1ncc[nH]1. The third kappa shape index (κ3) is 2.56. The fourth-order valence-corrected chi connectivity index (χ4v) is 1.75. The molecule has 0 aliphatic heterocycles. The number of H-pyrrole nitrogens is 1. The lowest BCUT2D eigenvalue weighted by atomic mass is 10.1. The largest absolute Gasteiger partial charge is 0.347 e. The number of carbonyl (C=O) groups is 1. The highest BCUT2D eigenvalue weighted by Crippen LogP contribution is 2.13. The van der Waals surface area contributed by atoms with E-state index >= 15 is 0 Å². The maximum absolute atomic E-state index is 13.0. The smallest absolute Gasteiger partial charge is 0.254 e. The van der Waals surface area contributed by atoms with E-state index in [4.69, 9.17) is 0 Å². The van der Waals surface area contributed by atoms with Gasteiger partial charge in [-0.15, -0.1) is 0 Å². The highest BCUT2D eigenvalue weighted by Gasteiger charge is 2.15. The number of hydrogen-bond acceptors (Lipinski definition) is 2. The van der Waals surface area contributed by atoms with Crippen LogP contribution in [0, 0.1) is 12.7 Å². The number of aromatic amines is 1. The Morgan fingerprint density at radius 1 is 1.50 bits per heavy atom. The molecule has 2 rings (SSSR count). The summed E-state index contributed by atoms with van der Waals surface area (Å²) in [5.74, 6) is 0.229. The van der Waals surface area contributed by atoms with Gasteiger partial charge in [0.05, 0.1) is 6.54 Å². The summed E-state index contributed by atoms with van der Waals surface area (Å²) in [5, 5.41) is 0. The molecule has 0 bridgehead atoms. The number of nitrogens with one attached hydrogen (secondary N) is 1. The van der Waals surface area contributed by atoms with Gasteiger partial charge < -0.3 is 9.88 Å². The molecule has 2 aromatic rings. The van der Waals surface area contributed by atoms with Gasteiger partial charge in [-0.2, -0.15) is 0 Å². The second-order valence-electron chi connectivity index (χ2n) is 4.16. The number of amides is 1. The predicted octanol–water partition coefficient (Wildman–Crippen LogP) is 2.13. The van der Waals surface area contributed by atoms with Gasteiger partial charge in [-0.25, -0.2) is 9.37 Å².